The molecule has 202 valence electrons. The first-order chi connectivity index (χ1) is 17.4. The highest BCUT2D eigenvalue weighted by molar-refractivity contribution is 6.30. The van der Waals surface area contributed by atoms with Crippen molar-refractivity contribution >= 4 is 23.5 Å². The van der Waals surface area contributed by atoms with E-state index in [0.717, 1.165) is 18.8 Å². The predicted molar refractivity (Wildman–Crippen MR) is 126 cm³/mol. The average molecular weight is 547 g/mol. The van der Waals surface area contributed by atoms with E-state index in [4.69, 9.17) is 35.7 Å². The summed E-state index contributed by atoms with van der Waals surface area (Å²) in [4.78, 5) is 23.0. The lowest BCUT2D eigenvalue weighted by molar-refractivity contribution is -0.192. The van der Waals surface area contributed by atoms with Crippen LogP contribution in [0.25, 0.3) is 0 Å². The van der Waals surface area contributed by atoms with Crippen LogP contribution >= 0.6 is 11.6 Å². The van der Waals surface area contributed by atoms with Gasteiger partial charge in [0.25, 0.3) is 11.7 Å². The number of rotatable bonds is 6. The Kier molecular flexibility index (Phi) is 9.11. The lowest BCUT2D eigenvalue weighted by atomic mass is 10.0. The molecule has 0 radical (unpaired) electrons. The van der Waals surface area contributed by atoms with Crippen molar-refractivity contribution in [2.75, 3.05) is 33.3 Å². The molecule has 0 saturated carbocycles. The second-order valence-corrected chi connectivity index (χ2v) is 8.79. The van der Waals surface area contributed by atoms with Gasteiger partial charge in [-0.25, -0.2) is 4.79 Å². The van der Waals surface area contributed by atoms with Gasteiger partial charge in [0.2, 0.25) is 0 Å². The SMILES string of the molecule is CNC(=O)c1ccccc1OC[C@@H](O)CN1CCC2(CC1)Oc1ccc(Cl)cc1O2.O=C(O)C(F)(F)F. The van der Waals surface area contributed by atoms with E-state index in [2.05, 4.69) is 10.2 Å². The topological polar surface area (TPSA) is 118 Å². The lowest BCUT2D eigenvalue weighted by Gasteiger charge is -2.38. The average Bonchev–Trinajstić information content (AvgIpc) is 3.20. The molecule has 2 aromatic carbocycles. The smallest absolute Gasteiger partial charge is 0.490 e. The Hall–Kier alpha value is -3.22. The van der Waals surface area contributed by atoms with Gasteiger partial charge in [-0.05, 0) is 24.3 Å². The number of nitrogens with one attached hydrogen (secondary N) is 1. The molecule has 2 aliphatic rings. The van der Waals surface area contributed by atoms with E-state index in [0.29, 0.717) is 41.5 Å². The molecule has 1 amide bonds. The Bertz CT molecular complexity index is 1110. The number of nitrogens with zero attached hydrogens (tertiary/aromatic N) is 1. The van der Waals surface area contributed by atoms with Crippen LogP contribution in [0.5, 0.6) is 17.2 Å². The van der Waals surface area contributed by atoms with Gasteiger partial charge in [0.05, 0.1) is 5.56 Å². The number of ether oxygens (including phenoxy) is 3. The second-order valence-electron chi connectivity index (χ2n) is 8.35. The zero-order valence-corrected chi connectivity index (χ0v) is 20.5. The highest BCUT2D eigenvalue weighted by Gasteiger charge is 2.44. The van der Waals surface area contributed by atoms with Gasteiger partial charge in [-0.2, -0.15) is 13.2 Å². The molecular formula is C24H26ClF3N2O7. The van der Waals surface area contributed by atoms with Gasteiger partial charge < -0.3 is 34.6 Å². The van der Waals surface area contributed by atoms with Gasteiger partial charge >= 0.3 is 12.1 Å². The molecule has 1 saturated heterocycles. The number of piperidine rings is 1. The molecule has 2 aromatic rings. The molecule has 0 aromatic heterocycles. The van der Waals surface area contributed by atoms with Crippen molar-refractivity contribution in [2.45, 2.75) is 30.9 Å². The molecule has 4 rings (SSSR count). The maximum Gasteiger partial charge on any atom is 0.490 e. The molecule has 1 atom stereocenters. The van der Waals surface area contributed by atoms with Crippen LogP contribution in [0.1, 0.15) is 23.2 Å². The van der Waals surface area contributed by atoms with E-state index in [-0.39, 0.29) is 12.5 Å². The van der Waals surface area contributed by atoms with Crippen molar-refractivity contribution in [1.82, 2.24) is 10.2 Å². The summed E-state index contributed by atoms with van der Waals surface area (Å²) in [6.45, 7) is 2.03. The maximum absolute atomic E-state index is 11.9. The van der Waals surface area contributed by atoms with Crippen LogP contribution in [0.3, 0.4) is 0 Å². The van der Waals surface area contributed by atoms with Gasteiger partial charge in [0.15, 0.2) is 11.5 Å². The molecule has 9 nitrogen and oxygen atoms in total. The number of carbonyl (C=O) groups is 2. The summed E-state index contributed by atoms with van der Waals surface area (Å²) < 4.78 is 49.6. The quantitative estimate of drug-likeness (QED) is 0.505. The van der Waals surface area contributed by atoms with E-state index >= 15 is 0 Å². The van der Waals surface area contributed by atoms with Crippen molar-refractivity contribution in [2.24, 2.45) is 0 Å². The van der Waals surface area contributed by atoms with E-state index < -0.39 is 24.0 Å². The normalized spacial score (nSPS) is 16.9. The van der Waals surface area contributed by atoms with Crippen LogP contribution in [0.2, 0.25) is 5.02 Å². The number of β-amino-alcohol motifs (C(OH)–C–C–N with tert-alkyl or cyclic N) is 1. The molecule has 0 bridgehead atoms. The van der Waals surface area contributed by atoms with Crippen molar-refractivity contribution < 1.29 is 47.2 Å². The lowest BCUT2D eigenvalue weighted by Crippen LogP contribution is -2.51. The number of benzene rings is 2. The van der Waals surface area contributed by atoms with Crippen LogP contribution in [-0.2, 0) is 4.79 Å². The summed E-state index contributed by atoms with van der Waals surface area (Å²) >= 11 is 6.03. The maximum atomic E-state index is 11.9. The van der Waals surface area contributed by atoms with Crippen LogP contribution < -0.4 is 19.5 Å². The molecular weight excluding hydrogens is 521 g/mol. The minimum Gasteiger partial charge on any atom is -0.490 e. The number of carbonyl (C=O) groups excluding carboxylic acids is 1. The first-order valence-corrected chi connectivity index (χ1v) is 11.6. The molecule has 3 N–H and O–H groups in total. The molecule has 1 fully saturated rings. The number of alkyl halides is 3. The first kappa shape index (κ1) is 28.4. The zero-order chi connectivity index (χ0) is 27.2. The second kappa shape index (κ2) is 11.9. The number of carboxylic acids is 1. The summed E-state index contributed by atoms with van der Waals surface area (Å²) in [6, 6.07) is 12.4. The summed E-state index contributed by atoms with van der Waals surface area (Å²) in [5.41, 5.74) is 0.447. The van der Waals surface area contributed by atoms with Crippen LogP contribution in [0, 0.1) is 0 Å². The third-order valence-corrected chi connectivity index (χ3v) is 5.85. The summed E-state index contributed by atoms with van der Waals surface area (Å²) in [5, 5.41) is 20.8. The van der Waals surface area contributed by atoms with Crippen LogP contribution in [0.4, 0.5) is 13.2 Å². The number of likely N-dealkylation sites (tertiary alicyclic amines) is 1. The van der Waals surface area contributed by atoms with Crippen molar-refractivity contribution in [1.29, 1.82) is 0 Å². The number of aliphatic hydroxyl groups is 1. The molecule has 2 aliphatic heterocycles. The summed E-state index contributed by atoms with van der Waals surface area (Å²) in [7, 11) is 1.57. The van der Waals surface area contributed by atoms with Gasteiger partial charge in [0, 0.05) is 50.6 Å². The van der Waals surface area contributed by atoms with Crippen LogP contribution in [-0.4, -0.2) is 78.3 Å². The molecule has 2 heterocycles. The summed E-state index contributed by atoms with van der Waals surface area (Å²) in [5.74, 6) is -1.78. The minimum atomic E-state index is -5.08. The van der Waals surface area contributed by atoms with E-state index in [1.54, 1.807) is 43.4 Å². The number of fused-ring (bicyclic) bond motifs is 1. The highest BCUT2D eigenvalue weighted by atomic mass is 35.5. The Morgan fingerprint density at radius 3 is 2.41 bits per heavy atom. The van der Waals surface area contributed by atoms with Gasteiger partial charge in [-0.1, -0.05) is 23.7 Å². The Morgan fingerprint density at radius 2 is 1.78 bits per heavy atom. The van der Waals surface area contributed by atoms with Gasteiger partial charge in [-0.3, -0.25) is 4.79 Å². The van der Waals surface area contributed by atoms with E-state index in [1.165, 1.54) is 0 Å². The molecule has 37 heavy (non-hydrogen) atoms. The van der Waals surface area contributed by atoms with E-state index in [1.807, 2.05) is 6.07 Å². The predicted octanol–water partition coefficient (Wildman–Crippen LogP) is 3.34. The van der Waals surface area contributed by atoms with Gasteiger partial charge in [-0.15, -0.1) is 0 Å². The first-order valence-electron chi connectivity index (χ1n) is 11.2. The minimum absolute atomic E-state index is 0.104. The van der Waals surface area contributed by atoms with E-state index in [9.17, 15) is 23.1 Å². The fourth-order valence-corrected chi connectivity index (χ4v) is 3.96. The molecule has 13 heteroatoms. The fourth-order valence-electron chi connectivity index (χ4n) is 3.80. The van der Waals surface area contributed by atoms with Crippen LogP contribution in [0.15, 0.2) is 42.5 Å². The number of halogens is 4. The Balaban J connectivity index is 0.000000479. The Morgan fingerprint density at radius 1 is 1.16 bits per heavy atom. The third-order valence-electron chi connectivity index (χ3n) is 5.62. The number of hydrogen-bond donors (Lipinski definition) is 3. The largest absolute Gasteiger partial charge is 0.490 e. The summed E-state index contributed by atoms with van der Waals surface area (Å²) in [6.07, 6.45) is -4.39. The number of aliphatic carboxylic acids is 1. The number of aliphatic hydroxyl groups excluding tert-OH is 1. The molecule has 1 spiro atoms. The molecule has 0 unspecified atom stereocenters. The Labute approximate surface area is 215 Å². The van der Waals surface area contributed by atoms with Crippen molar-refractivity contribution in [3.05, 3.63) is 53.1 Å². The number of para-hydroxylation sites is 1. The zero-order valence-electron chi connectivity index (χ0n) is 19.8. The highest BCUT2D eigenvalue weighted by Crippen LogP contribution is 2.44. The van der Waals surface area contributed by atoms with Crippen molar-refractivity contribution in [3.63, 3.8) is 0 Å². The number of hydrogen-bond acceptors (Lipinski definition) is 7. The number of amides is 1. The molecule has 0 aliphatic carbocycles. The third kappa shape index (κ3) is 7.63. The standard InChI is InChI=1S/C22H25ClN2O5.C2HF3O2/c1-24-21(27)17-4-2-3-5-18(17)28-14-16(26)13-25-10-8-22(9-11-25)29-19-7-6-15(23)12-20(19)30-22;3-2(4,5)1(6)7/h2-7,12,16,26H,8-11,13-14H2,1H3,(H,24,27);(H,6,7)/t16-;/m0./s1. The fraction of sp³-hybridized carbons (Fsp3) is 0.417. The monoisotopic (exact) mass is 546 g/mol. The van der Waals surface area contributed by atoms with Crippen molar-refractivity contribution in [3.8, 4) is 17.2 Å². The number of carboxylic acid groups (broad SMARTS) is 1. The van der Waals surface area contributed by atoms with Gasteiger partial charge in [0.1, 0.15) is 18.5 Å².